The first kappa shape index (κ1) is 21.4. The van der Waals surface area contributed by atoms with Gasteiger partial charge < -0.3 is 15.5 Å². The number of rotatable bonds is 8. The second-order valence-corrected chi connectivity index (χ2v) is 6.22. The number of pyridine rings is 1. The summed E-state index contributed by atoms with van der Waals surface area (Å²) in [6.45, 7) is 8.36. The van der Waals surface area contributed by atoms with Crippen LogP contribution < -0.4 is 10.6 Å². The molecule has 0 aliphatic carbocycles. The van der Waals surface area contributed by atoms with E-state index in [4.69, 9.17) is 11.6 Å². The molecule has 7 heteroatoms. The fourth-order valence-corrected chi connectivity index (χ4v) is 2.82. The van der Waals surface area contributed by atoms with Gasteiger partial charge in [0.25, 0.3) is 0 Å². The van der Waals surface area contributed by atoms with Gasteiger partial charge in [-0.3, -0.25) is 4.99 Å². The Morgan fingerprint density at radius 2 is 2.08 bits per heavy atom. The van der Waals surface area contributed by atoms with Gasteiger partial charge in [0.05, 0.1) is 0 Å². The zero-order valence-corrected chi connectivity index (χ0v) is 17.5. The van der Waals surface area contributed by atoms with Crippen LogP contribution in [0, 0.1) is 0 Å². The van der Waals surface area contributed by atoms with E-state index >= 15 is 0 Å². The zero-order valence-electron chi connectivity index (χ0n) is 14.4. The van der Waals surface area contributed by atoms with Crippen LogP contribution in [0.15, 0.2) is 23.3 Å². The zero-order chi connectivity index (χ0) is 16.3. The van der Waals surface area contributed by atoms with Crippen molar-refractivity contribution in [2.75, 3.05) is 39.3 Å². The maximum Gasteiger partial charge on any atom is 0.191 e. The Bertz CT molecular complexity index is 474. The largest absolute Gasteiger partial charge is 0.357 e. The van der Waals surface area contributed by atoms with Crippen LogP contribution in [-0.2, 0) is 6.42 Å². The Balaban J connectivity index is 0.00000288. The molecule has 24 heavy (non-hydrogen) atoms. The van der Waals surface area contributed by atoms with E-state index in [-0.39, 0.29) is 24.0 Å². The van der Waals surface area contributed by atoms with Gasteiger partial charge in [-0.2, -0.15) is 0 Å². The number of aliphatic imine (C=N–C) groups is 1. The molecule has 1 aromatic heterocycles. The minimum Gasteiger partial charge on any atom is -0.357 e. The molecule has 0 spiro atoms. The number of hydrogen-bond donors (Lipinski definition) is 2. The van der Waals surface area contributed by atoms with Gasteiger partial charge in [-0.25, -0.2) is 4.98 Å². The van der Waals surface area contributed by atoms with Gasteiger partial charge in [-0.15, -0.1) is 24.0 Å². The molecule has 5 nitrogen and oxygen atoms in total. The van der Waals surface area contributed by atoms with Crippen molar-refractivity contribution in [3.05, 3.63) is 29.0 Å². The predicted molar refractivity (Wildman–Crippen MR) is 113 cm³/mol. The van der Waals surface area contributed by atoms with Gasteiger partial charge in [0.15, 0.2) is 5.96 Å². The number of hydrogen-bond acceptors (Lipinski definition) is 3. The van der Waals surface area contributed by atoms with E-state index in [0.29, 0.717) is 5.15 Å². The molecule has 1 aliphatic rings. The topological polar surface area (TPSA) is 52.6 Å². The maximum atomic E-state index is 5.80. The van der Waals surface area contributed by atoms with Gasteiger partial charge >= 0.3 is 0 Å². The predicted octanol–water partition coefficient (Wildman–Crippen LogP) is 2.94. The third-order valence-corrected chi connectivity index (χ3v) is 4.16. The van der Waals surface area contributed by atoms with Crippen molar-refractivity contribution >= 4 is 41.5 Å². The lowest BCUT2D eigenvalue weighted by Crippen LogP contribution is -2.38. The second kappa shape index (κ2) is 12.7. The molecule has 0 aromatic carbocycles. The average molecular weight is 466 g/mol. The van der Waals surface area contributed by atoms with Crippen LogP contribution in [0.2, 0.25) is 5.15 Å². The molecular formula is C17H29ClIN5. The fraction of sp³-hybridized carbons (Fsp3) is 0.647. The third kappa shape index (κ3) is 8.48. The minimum absolute atomic E-state index is 0. The number of halogens is 2. The summed E-state index contributed by atoms with van der Waals surface area (Å²) in [5, 5.41) is 7.21. The van der Waals surface area contributed by atoms with E-state index in [0.717, 1.165) is 38.4 Å². The lowest BCUT2D eigenvalue weighted by molar-refractivity contribution is 0.336. The van der Waals surface area contributed by atoms with E-state index in [1.54, 1.807) is 0 Å². The standard InChI is InChI=1S/C17H28ClN5.HI/c1-2-19-17(20-9-5-13-23-11-3-4-12-23)21-10-8-15-6-7-16(18)22-14-15;/h6-7,14H,2-5,8-13H2,1H3,(H2,19,20,21);1H. The number of aromatic nitrogens is 1. The van der Waals surface area contributed by atoms with E-state index in [1.807, 2.05) is 18.3 Å². The maximum absolute atomic E-state index is 5.80. The number of nitrogens with zero attached hydrogens (tertiary/aromatic N) is 3. The lowest BCUT2D eigenvalue weighted by atomic mass is 10.2. The van der Waals surface area contributed by atoms with Crippen molar-refractivity contribution in [2.24, 2.45) is 4.99 Å². The first-order valence-electron chi connectivity index (χ1n) is 8.63. The average Bonchev–Trinajstić information content (AvgIpc) is 3.07. The van der Waals surface area contributed by atoms with E-state index in [9.17, 15) is 0 Å². The van der Waals surface area contributed by atoms with Crippen LogP contribution in [0.4, 0.5) is 0 Å². The summed E-state index contributed by atoms with van der Waals surface area (Å²) in [7, 11) is 0. The summed E-state index contributed by atoms with van der Waals surface area (Å²) in [5.74, 6) is 0.899. The van der Waals surface area contributed by atoms with Crippen molar-refractivity contribution < 1.29 is 0 Å². The molecule has 0 radical (unpaired) electrons. The molecule has 0 bridgehead atoms. The molecule has 2 rings (SSSR count). The van der Waals surface area contributed by atoms with Crippen LogP contribution in [-0.4, -0.2) is 55.1 Å². The van der Waals surface area contributed by atoms with Crippen LogP contribution >= 0.6 is 35.6 Å². The van der Waals surface area contributed by atoms with Gasteiger partial charge in [-0.1, -0.05) is 17.7 Å². The summed E-state index contributed by atoms with van der Waals surface area (Å²) in [6, 6.07) is 3.84. The summed E-state index contributed by atoms with van der Waals surface area (Å²) < 4.78 is 0. The highest BCUT2D eigenvalue weighted by molar-refractivity contribution is 14.0. The van der Waals surface area contributed by atoms with Crippen LogP contribution in [0.5, 0.6) is 0 Å². The molecule has 1 aromatic rings. The van der Waals surface area contributed by atoms with Crippen LogP contribution in [0.1, 0.15) is 31.7 Å². The highest BCUT2D eigenvalue weighted by Gasteiger charge is 2.09. The number of nitrogens with one attached hydrogen (secondary N) is 2. The smallest absolute Gasteiger partial charge is 0.191 e. The third-order valence-electron chi connectivity index (χ3n) is 3.94. The molecule has 136 valence electrons. The molecule has 0 saturated carbocycles. The number of guanidine groups is 1. The quantitative estimate of drug-likeness (QED) is 0.204. The normalized spacial score (nSPS) is 15.2. The molecule has 1 saturated heterocycles. The molecular weight excluding hydrogens is 437 g/mol. The Kier molecular flexibility index (Phi) is 11.4. The van der Waals surface area contributed by atoms with E-state index in [2.05, 4.69) is 32.4 Å². The van der Waals surface area contributed by atoms with Crippen molar-refractivity contribution in [3.8, 4) is 0 Å². The highest BCUT2D eigenvalue weighted by atomic mass is 127. The van der Waals surface area contributed by atoms with Gasteiger partial charge in [0.1, 0.15) is 5.15 Å². The summed E-state index contributed by atoms with van der Waals surface area (Å²) in [5.41, 5.74) is 1.17. The van der Waals surface area contributed by atoms with Gasteiger partial charge in [0, 0.05) is 25.8 Å². The summed E-state index contributed by atoms with van der Waals surface area (Å²) in [6.07, 6.45) is 6.56. The summed E-state index contributed by atoms with van der Waals surface area (Å²) >= 11 is 5.80. The lowest BCUT2D eigenvalue weighted by Gasteiger charge is -2.14. The first-order chi connectivity index (χ1) is 11.3. The SMILES string of the molecule is CCNC(=NCCCN1CCCC1)NCCc1ccc(Cl)nc1.I. The van der Waals surface area contributed by atoms with Crippen LogP contribution in [0.25, 0.3) is 0 Å². The van der Waals surface area contributed by atoms with Gasteiger partial charge in [-0.05, 0) is 63.9 Å². The Hall–Kier alpha value is -0.600. The van der Waals surface area contributed by atoms with E-state index in [1.165, 1.54) is 38.0 Å². The van der Waals surface area contributed by atoms with Crippen molar-refractivity contribution in [1.29, 1.82) is 0 Å². The van der Waals surface area contributed by atoms with Crippen molar-refractivity contribution in [3.63, 3.8) is 0 Å². The molecule has 1 fully saturated rings. The second-order valence-electron chi connectivity index (χ2n) is 5.83. The summed E-state index contributed by atoms with van der Waals surface area (Å²) in [4.78, 5) is 11.3. The van der Waals surface area contributed by atoms with Crippen molar-refractivity contribution in [1.82, 2.24) is 20.5 Å². The molecule has 1 aliphatic heterocycles. The molecule has 2 heterocycles. The minimum atomic E-state index is 0. The van der Waals surface area contributed by atoms with Crippen LogP contribution in [0.3, 0.4) is 0 Å². The molecule has 0 atom stereocenters. The fourth-order valence-electron chi connectivity index (χ4n) is 2.71. The highest BCUT2D eigenvalue weighted by Crippen LogP contribution is 2.07. The monoisotopic (exact) mass is 465 g/mol. The molecule has 2 N–H and O–H groups in total. The van der Waals surface area contributed by atoms with Gasteiger partial charge in [0.2, 0.25) is 0 Å². The Morgan fingerprint density at radius 1 is 1.29 bits per heavy atom. The molecule has 0 amide bonds. The molecule has 0 unspecified atom stereocenters. The Labute approximate surface area is 167 Å². The number of likely N-dealkylation sites (tertiary alicyclic amines) is 1. The van der Waals surface area contributed by atoms with Crippen molar-refractivity contribution in [2.45, 2.75) is 32.6 Å². The van der Waals surface area contributed by atoms with E-state index < -0.39 is 0 Å². The first-order valence-corrected chi connectivity index (χ1v) is 9.00. The Morgan fingerprint density at radius 3 is 2.75 bits per heavy atom.